The molecule has 3 rings (SSSR count). The van der Waals surface area contributed by atoms with Gasteiger partial charge in [0.1, 0.15) is 6.10 Å². The minimum Gasteiger partial charge on any atom is -0.386 e. The number of para-hydroxylation sites is 2. The van der Waals surface area contributed by atoms with Crippen LogP contribution in [0.3, 0.4) is 0 Å². The Morgan fingerprint density at radius 2 is 2.00 bits per heavy atom. The minimum absolute atomic E-state index is 0.547. The summed E-state index contributed by atoms with van der Waals surface area (Å²) < 4.78 is 1.03. The van der Waals surface area contributed by atoms with Gasteiger partial charge in [0.25, 0.3) is 0 Å². The van der Waals surface area contributed by atoms with E-state index < -0.39 is 6.10 Å². The van der Waals surface area contributed by atoms with E-state index in [-0.39, 0.29) is 0 Å². The minimum atomic E-state index is -0.632. The van der Waals surface area contributed by atoms with E-state index in [2.05, 4.69) is 25.9 Å². The molecule has 0 aliphatic rings. The average Bonchev–Trinajstić information content (AvgIpc) is 2.84. The summed E-state index contributed by atoms with van der Waals surface area (Å²) in [6.45, 7) is 0. The van der Waals surface area contributed by atoms with Crippen molar-refractivity contribution in [3.05, 3.63) is 57.0 Å². The number of fused-ring (bicyclic) bond motifs is 1. The van der Waals surface area contributed by atoms with Gasteiger partial charge >= 0.3 is 0 Å². The molecular weight excluding hydrogens is 324 g/mol. The van der Waals surface area contributed by atoms with Gasteiger partial charge in [0, 0.05) is 15.8 Å². The number of thiophene rings is 1. The molecule has 0 saturated heterocycles. The summed E-state index contributed by atoms with van der Waals surface area (Å²) in [6, 6.07) is 9.64. The van der Waals surface area contributed by atoms with Gasteiger partial charge < -0.3 is 5.11 Å². The molecule has 0 saturated carbocycles. The summed E-state index contributed by atoms with van der Waals surface area (Å²) >= 11 is 5.09. The standard InChI is InChI=1S/C14H11BrN2OS/c15-9-5-6-19-14(9)7-13(18)12-8-16-10-3-1-2-4-11(10)17-12/h1-6,8,13,18H,7H2. The second-order valence-electron chi connectivity index (χ2n) is 4.20. The fourth-order valence-corrected chi connectivity index (χ4v) is 3.44. The van der Waals surface area contributed by atoms with Gasteiger partial charge in [-0.3, -0.25) is 4.98 Å². The summed E-state index contributed by atoms with van der Waals surface area (Å²) in [6.07, 6.45) is 1.56. The highest BCUT2D eigenvalue weighted by atomic mass is 79.9. The van der Waals surface area contributed by atoms with Crippen LogP contribution in [0.1, 0.15) is 16.7 Å². The molecule has 19 heavy (non-hydrogen) atoms. The van der Waals surface area contributed by atoms with Gasteiger partial charge in [0.05, 0.1) is 22.9 Å². The molecule has 0 fully saturated rings. The zero-order chi connectivity index (χ0) is 13.2. The Labute approximate surface area is 123 Å². The maximum absolute atomic E-state index is 10.3. The van der Waals surface area contributed by atoms with Crippen molar-refractivity contribution in [2.75, 3.05) is 0 Å². The summed E-state index contributed by atoms with van der Waals surface area (Å²) in [4.78, 5) is 9.90. The molecular formula is C14H11BrN2OS. The fraction of sp³-hybridized carbons (Fsp3) is 0.143. The Hall–Kier alpha value is -1.30. The summed E-state index contributed by atoms with van der Waals surface area (Å²) in [5, 5.41) is 12.3. The van der Waals surface area contributed by atoms with E-state index in [1.54, 1.807) is 17.5 Å². The van der Waals surface area contributed by atoms with E-state index >= 15 is 0 Å². The van der Waals surface area contributed by atoms with E-state index in [0.29, 0.717) is 12.1 Å². The molecule has 5 heteroatoms. The molecule has 1 N–H and O–H groups in total. The van der Waals surface area contributed by atoms with E-state index in [1.807, 2.05) is 35.7 Å². The number of benzene rings is 1. The van der Waals surface area contributed by atoms with Crippen LogP contribution in [0.25, 0.3) is 11.0 Å². The van der Waals surface area contributed by atoms with Crippen LogP contribution < -0.4 is 0 Å². The first-order chi connectivity index (χ1) is 9.24. The molecule has 0 bridgehead atoms. The maximum atomic E-state index is 10.3. The molecule has 2 heterocycles. The molecule has 1 atom stereocenters. The third-order valence-electron chi connectivity index (χ3n) is 2.88. The first kappa shape index (κ1) is 12.7. The van der Waals surface area contributed by atoms with Crippen molar-refractivity contribution in [3.63, 3.8) is 0 Å². The van der Waals surface area contributed by atoms with Crippen LogP contribution in [0.15, 0.2) is 46.4 Å². The van der Waals surface area contributed by atoms with Crippen molar-refractivity contribution < 1.29 is 5.11 Å². The lowest BCUT2D eigenvalue weighted by atomic mass is 10.1. The lowest BCUT2D eigenvalue weighted by molar-refractivity contribution is 0.174. The molecule has 1 unspecified atom stereocenters. The normalized spacial score (nSPS) is 12.7. The van der Waals surface area contributed by atoms with E-state index in [1.165, 1.54) is 0 Å². The van der Waals surface area contributed by atoms with Crippen LogP contribution in [0, 0.1) is 0 Å². The highest BCUT2D eigenvalue weighted by Crippen LogP contribution is 2.27. The van der Waals surface area contributed by atoms with Crippen molar-refractivity contribution in [1.29, 1.82) is 0 Å². The van der Waals surface area contributed by atoms with E-state index in [4.69, 9.17) is 0 Å². The van der Waals surface area contributed by atoms with Crippen molar-refractivity contribution >= 4 is 38.3 Å². The van der Waals surface area contributed by atoms with Crippen molar-refractivity contribution in [2.45, 2.75) is 12.5 Å². The van der Waals surface area contributed by atoms with E-state index in [0.717, 1.165) is 20.4 Å². The third kappa shape index (κ3) is 2.68. The first-order valence-electron chi connectivity index (χ1n) is 5.85. The number of nitrogens with zero attached hydrogens (tertiary/aromatic N) is 2. The molecule has 2 aromatic heterocycles. The molecule has 0 amide bonds. The zero-order valence-electron chi connectivity index (χ0n) is 9.95. The number of aromatic nitrogens is 2. The molecule has 0 aliphatic carbocycles. The van der Waals surface area contributed by atoms with Crippen LogP contribution in [-0.2, 0) is 6.42 Å². The lowest BCUT2D eigenvalue weighted by Crippen LogP contribution is -2.04. The average molecular weight is 335 g/mol. The summed E-state index contributed by atoms with van der Waals surface area (Å²) in [5.41, 5.74) is 2.26. The number of halogens is 1. The van der Waals surface area contributed by atoms with E-state index in [9.17, 15) is 5.11 Å². The molecule has 96 valence electrons. The molecule has 0 radical (unpaired) electrons. The number of aliphatic hydroxyl groups is 1. The summed E-state index contributed by atoms with van der Waals surface area (Å²) in [7, 11) is 0. The van der Waals surface area contributed by atoms with Crippen molar-refractivity contribution in [2.24, 2.45) is 0 Å². The zero-order valence-corrected chi connectivity index (χ0v) is 12.4. The number of rotatable bonds is 3. The Morgan fingerprint density at radius 3 is 2.74 bits per heavy atom. The van der Waals surface area contributed by atoms with Crippen LogP contribution in [0.2, 0.25) is 0 Å². The quantitative estimate of drug-likeness (QED) is 0.793. The SMILES string of the molecule is OC(Cc1sccc1Br)c1cnc2ccccc2n1. The van der Waals surface area contributed by atoms with Gasteiger partial charge in [-0.2, -0.15) is 0 Å². The van der Waals surface area contributed by atoms with Crippen LogP contribution >= 0.6 is 27.3 Å². The second kappa shape index (κ2) is 5.36. The Kier molecular flexibility index (Phi) is 3.59. The van der Waals surface area contributed by atoms with Gasteiger partial charge in [-0.15, -0.1) is 11.3 Å². The number of aliphatic hydroxyl groups excluding tert-OH is 1. The smallest absolute Gasteiger partial charge is 0.102 e. The largest absolute Gasteiger partial charge is 0.386 e. The summed E-state index contributed by atoms with van der Waals surface area (Å²) in [5.74, 6) is 0. The van der Waals surface area contributed by atoms with Crippen LogP contribution in [0.4, 0.5) is 0 Å². The first-order valence-corrected chi connectivity index (χ1v) is 7.53. The molecule has 3 nitrogen and oxygen atoms in total. The molecule has 3 aromatic rings. The van der Waals surface area contributed by atoms with Gasteiger partial charge in [0.15, 0.2) is 0 Å². The highest BCUT2D eigenvalue weighted by molar-refractivity contribution is 9.10. The van der Waals surface area contributed by atoms with Gasteiger partial charge in [-0.25, -0.2) is 4.98 Å². The predicted molar refractivity (Wildman–Crippen MR) is 80.2 cm³/mol. The maximum Gasteiger partial charge on any atom is 0.102 e. The Bertz CT molecular complexity index is 713. The third-order valence-corrected chi connectivity index (χ3v) is 4.83. The molecule has 0 aliphatic heterocycles. The van der Waals surface area contributed by atoms with Gasteiger partial charge in [0.2, 0.25) is 0 Å². The lowest BCUT2D eigenvalue weighted by Gasteiger charge is -2.09. The monoisotopic (exact) mass is 334 g/mol. The van der Waals surface area contributed by atoms with Crippen molar-refractivity contribution in [1.82, 2.24) is 9.97 Å². The van der Waals surface area contributed by atoms with Crippen LogP contribution in [0.5, 0.6) is 0 Å². The van der Waals surface area contributed by atoms with Crippen molar-refractivity contribution in [3.8, 4) is 0 Å². The number of hydrogen-bond donors (Lipinski definition) is 1. The van der Waals surface area contributed by atoms with Crippen LogP contribution in [-0.4, -0.2) is 15.1 Å². The molecule has 1 aromatic carbocycles. The fourth-order valence-electron chi connectivity index (χ4n) is 1.88. The molecule has 0 spiro atoms. The Balaban J connectivity index is 1.89. The highest BCUT2D eigenvalue weighted by Gasteiger charge is 2.14. The topological polar surface area (TPSA) is 46.0 Å². The second-order valence-corrected chi connectivity index (χ2v) is 6.05. The predicted octanol–water partition coefficient (Wildman–Crippen LogP) is 3.73. The van der Waals surface area contributed by atoms with Gasteiger partial charge in [-0.1, -0.05) is 12.1 Å². The number of hydrogen-bond acceptors (Lipinski definition) is 4. The Morgan fingerprint density at radius 1 is 1.21 bits per heavy atom. The van der Waals surface area contributed by atoms with Gasteiger partial charge in [-0.05, 0) is 39.5 Å².